The van der Waals surface area contributed by atoms with Crippen molar-refractivity contribution in [1.29, 1.82) is 0 Å². The SMILES string of the molecule is Cc1cc(C)c(NC(=O)CSc2n[nH]c(C)n2)c(Cl)c1. The highest BCUT2D eigenvalue weighted by Crippen LogP contribution is 2.27. The van der Waals surface area contributed by atoms with Crippen LogP contribution in [0.2, 0.25) is 5.02 Å². The van der Waals surface area contributed by atoms with Gasteiger partial charge in [-0.2, -0.15) is 0 Å². The van der Waals surface area contributed by atoms with Crippen molar-refractivity contribution in [3.05, 3.63) is 34.1 Å². The molecule has 2 aromatic rings. The molecule has 0 unspecified atom stereocenters. The Morgan fingerprint density at radius 1 is 1.40 bits per heavy atom. The van der Waals surface area contributed by atoms with E-state index in [0.29, 0.717) is 15.9 Å². The quantitative estimate of drug-likeness (QED) is 0.851. The Hall–Kier alpha value is -1.53. The zero-order chi connectivity index (χ0) is 14.7. The first-order valence-electron chi connectivity index (χ1n) is 6.04. The average Bonchev–Trinajstić information content (AvgIpc) is 2.77. The maximum absolute atomic E-state index is 11.9. The number of nitrogens with one attached hydrogen (secondary N) is 2. The van der Waals surface area contributed by atoms with Gasteiger partial charge in [0.1, 0.15) is 5.82 Å². The summed E-state index contributed by atoms with van der Waals surface area (Å²) in [6.45, 7) is 5.69. The van der Waals surface area contributed by atoms with Crippen molar-refractivity contribution < 1.29 is 4.79 Å². The smallest absolute Gasteiger partial charge is 0.234 e. The number of benzene rings is 1. The van der Waals surface area contributed by atoms with Crippen molar-refractivity contribution in [3.8, 4) is 0 Å². The largest absolute Gasteiger partial charge is 0.324 e. The van der Waals surface area contributed by atoms with Gasteiger partial charge in [0.25, 0.3) is 0 Å². The Labute approximate surface area is 126 Å². The lowest BCUT2D eigenvalue weighted by atomic mass is 10.1. The maximum atomic E-state index is 11.9. The molecule has 0 bridgehead atoms. The fourth-order valence-electron chi connectivity index (χ4n) is 1.77. The number of hydrogen-bond acceptors (Lipinski definition) is 4. The zero-order valence-electron chi connectivity index (χ0n) is 11.5. The molecule has 7 heteroatoms. The van der Waals surface area contributed by atoms with Crippen molar-refractivity contribution in [1.82, 2.24) is 15.2 Å². The van der Waals surface area contributed by atoms with E-state index in [0.717, 1.165) is 17.0 Å². The lowest BCUT2D eigenvalue weighted by Gasteiger charge is -2.11. The van der Waals surface area contributed by atoms with Gasteiger partial charge < -0.3 is 5.32 Å². The minimum atomic E-state index is -0.133. The lowest BCUT2D eigenvalue weighted by Crippen LogP contribution is -2.15. The van der Waals surface area contributed by atoms with Gasteiger partial charge in [0.05, 0.1) is 16.5 Å². The molecule has 0 radical (unpaired) electrons. The first-order valence-corrected chi connectivity index (χ1v) is 7.40. The molecule has 0 aliphatic rings. The van der Waals surface area contributed by atoms with Crippen molar-refractivity contribution in [3.63, 3.8) is 0 Å². The van der Waals surface area contributed by atoms with E-state index in [9.17, 15) is 4.79 Å². The number of amides is 1. The third kappa shape index (κ3) is 3.74. The molecule has 0 aliphatic carbocycles. The topological polar surface area (TPSA) is 70.7 Å². The molecule has 106 valence electrons. The minimum absolute atomic E-state index is 0.133. The third-order valence-corrected chi connectivity index (χ3v) is 3.75. The number of hydrogen-bond donors (Lipinski definition) is 2. The van der Waals surface area contributed by atoms with Crippen LogP contribution in [0.4, 0.5) is 5.69 Å². The van der Waals surface area contributed by atoms with Crippen LogP contribution in [0.15, 0.2) is 17.3 Å². The number of carbonyl (C=O) groups excluding carboxylic acids is 1. The third-order valence-electron chi connectivity index (χ3n) is 2.61. The fourth-order valence-corrected chi connectivity index (χ4v) is 2.78. The summed E-state index contributed by atoms with van der Waals surface area (Å²) in [7, 11) is 0. The van der Waals surface area contributed by atoms with E-state index in [1.165, 1.54) is 11.8 Å². The molecule has 1 heterocycles. The summed E-state index contributed by atoms with van der Waals surface area (Å²) in [5, 5.41) is 10.6. The summed E-state index contributed by atoms with van der Waals surface area (Å²) in [6.07, 6.45) is 0. The van der Waals surface area contributed by atoms with Gasteiger partial charge in [0, 0.05) is 0 Å². The van der Waals surface area contributed by atoms with Crippen LogP contribution in [0.3, 0.4) is 0 Å². The van der Waals surface area contributed by atoms with E-state index in [4.69, 9.17) is 11.6 Å². The fraction of sp³-hybridized carbons (Fsp3) is 0.308. The lowest BCUT2D eigenvalue weighted by molar-refractivity contribution is -0.113. The molecule has 0 spiro atoms. The Balaban J connectivity index is 1.98. The molecule has 20 heavy (non-hydrogen) atoms. The summed E-state index contributed by atoms with van der Waals surface area (Å²) in [5.41, 5.74) is 2.67. The molecule has 5 nitrogen and oxygen atoms in total. The Morgan fingerprint density at radius 2 is 2.15 bits per heavy atom. The van der Waals surface area contributed by atoms with E-state index in [-0.39, 0.29) is 11.7 Å². The molecule has 1 amide bonds. The standard InChI is InChI=1S/C13H15ClN4OS/c1-7-4-8(2)12(10(14)5-7)16-11(19)6-20-13-15-9(3)17-18-13/h4-5H,6H2,1-3H3,(H,16,19)(H,15,17,18). The summed E-state index contributed by atoms with van der Waals surface area (Å²) >= 11 is 7.42. The number of aromatic amines is 1. The number of H-pyrrole nitrogens is 1. The summed E-state index contributed by atoms with van der Waals surface area (Å²) in [6, 6.07) is 3.81. The number of aromatic nitrogens is 3. The Kier molecular flexibility index (Phi) is 4.67. The van der Waals surface area contributed by atoms with Gasteiger partial charge in [0.15, 0.2) is 0 Å². The molecular weight excluding hydrogens is 296 g/mol. The second-order valence-corrected chi connectivity index (χ2v) is 5.83. The van der Waals surface area contributed by atoms with Crippen LogP contribution in [0.1, 0.15) is 17.0 Å². The van der Waals surface area contributed by atoms with Gasteiger partial charge in [-0.1, -0.05) is 29.4 Å². The summed E-state index contributed by atoms with van der Waals surface area (Å²) in [4.78, 5) is 16.1. The second kappa shape index (κ2) is 6.28. The van der Waals surface area contributed by atoms with E-state index in [1.54, 1.807) is 0 Å². The van der Waals surface area contributed by atoms with Crippen LogP contribution in [0.25, 0.3) is 0 Å². The molecule has 2 N–H and O–H groups in total. The first-order chi connectivity index (χ1) is 9.45. The second-order valence-electron chi connectivity index (χ2n) is 4.48. The van der Waals surface area contributed by atoms with Crippen molar-refractivity contribution in [2.24, 2.45) is 0 Å². The number of rotatable bonds is 4. The number of anilines is 1. The molecule has 2 rings (SSSR count). The summed E-state index contributed by atoms with van der Waals surface area (Å²) in [5.74, 6) is 0.831. The molecule has 0 aliphatic heterocycles. The highest BCUT2D eigenvalue weighted by molar-refractivity contribution is 7.99. The van der Waals surface area contributed by atoms with Gasteiger partial charge in [-0.05, 0) is 38.0 Å². The van der Waals surface area contributed by atoms with Crippen LogP contribution in [0, 0.1) is 20.8 Å². The van der Waals surface area contributed by atoms with Crippen molar-refractivity contribution >= 4 is 35.0 Å². The number of nitrogens with zero attached hydrogens (tertiary/aromatic N) is 2. The molecule has 1 aromatic carbocycles. The normalized spacial score (nSPS) is 10.6. The van der Waals surface area contributed by atoms with Crippen LogP contribution in [-0.2, 0) is 4.79 Å². The highest BCUT2D eigenvalue weighted by Gasteiger charge is 2.11. The maximum Gasteiger partial charge on any atom is 0.234 e. The van der Waals surface area contributed by atoms with Gasteiger partial charge in [0.2, 0.25) is 11.1 Å². The predicted octanol–water partition coefficient (Wildman–Crippen LogP) is 3.11. The molecule has 0 saturated heterocycles. The van der Waals surface area contributed by atoms with Gasteiger partial charge >= 0.3 is 0 Å². The number of halogens is 1. The Morgan fingerprint density at radius 3 is 2.75 bits per heavy atom. The number of aryl methyl sites for hydroxylation is 3. The minimum Gasteiger partial charge on any atom is -0.324 e. The van der Waals surface area contributed by atoms with Crippen LogP contribution in [-0.4, -0.2) is 26.8 Å². The molecule has 0 saturated carbocycles. The monoisotopic (exact) mass is 310 g/mol. The molecular formula is C13H15ClN4OS. The van der Waals surface area contributed by atoms with E-state index < -0.39 is 0 Å². The van der Waals surface area contributed by atoms with E-state index >= 15 is 0 Å². The zero-order valence-corrected chi connectivity index (χ0v) is 13.0. The molecule has 0 fully saturated rings. The average molecular weight is 311 g/mol. The Bertz CT molecular complexity index is 618. The van der Waals surface area contributed by atoms with Crippen molar-refractivity contribution in [2.45, 2.75) is 25.9 Å². The van der Waals surface area contributed by atoms with Crippen molar-refractivity contribution in [2.75, 3.05) is 11.1 Å². The molecule has 0 atom stereocenters. The van der Waals surface area contributed by atoms with Crippen LogP contribution < -0.4 is 5.32 Å². The highest BCUT2D eigenvalue weighted by atomic mass is 35.5. The molecule has 1 aromatic heterocycles. The summed E-state index contributed by atoms with van der Waals surface area (Å²) < 4.78 is 0. The van der Waals surface area contributed by atoms with Gasteiger partial charge in [-0.3, -0.25) is 9.89 Å². The number of carbonyl (C=O) groups is 1. The van der Waals surface area contributed by atoms with Gasteiger partial charge in [-0.15, -0.1) is 5.10 Å². The van der Waals surface area contributed by atoms with Crippen LogP contribution >= 0.6 is 23.4 Å². The first kappa shape index (κ1) is 14.9. The predicted molar refractivity (Wildman–Crippen MR) is 81.4 cm³/mol. The van der Waals surface area contributed by atoms with Gasteiger partial charge in [-0.25, -0.2) is 4.98 Å². The van der Waals surface area contributed by atoms with E-state index in [2.05, 4.69) is 20.5 Å². The number of thioether (sulfide) groups is 1. The van der Waals surface area contributed by atoms with E-state index in [1.807, 2.05) is 32.9 Å². The van der Waals surface area contributed by atoms with Crippen LogP contribution in [0.5, 0.6) is 0 Å².